The van der Waals surface area contributed by atoms with Crippen LogP contribution in [-0.2, 0) is 4.74 Å². The highest BCUT2D eigenvalue weighted by Gasteiger charge is 2.17. The van der Waals surface area contributed by atoms with Crippen LogP contribution in [0.15, 0.2) is 61.2 Å². The number of hydrogen-bond donors (Lipinski definition) is 3. The fourth-order valence-corrected chi connectivity index (χ4v) is 4.32. The highest BCUT2D eigenvalue weighted by Crippen LogP contribution is 2.34. The molecule has 6 rings (SSSR count). The van der Waals surface area contributed by atoms with Gasteiger partial charge in [0, 0.05) is 54.4 Å². The summed E-state index contributed by atoms with van der Waals surface area (Å²) in [6, 6.07) is 12.1. The number of aromatic amines is 1. The third-order valence-corrected chi connectivity index (χ3v) is 6.03. The molecular weight excluding hydrogens is 446 g/mol. The van der Waals surface area contributed by atoms with Crippen LogP contribution in [0.2, 0.25) is 0 Å². The number of morpholine rings is 1. The Kier molecular flexibility index (Phi) is 5.65. The van der Waals surface area contributed by atoms with Crippen molar-refractivity contribution in [1.82, 2.24) is 24.6 Å². The summed E-state index contributed by atoms with van der Waals surface area (Å²) < 4.78 is 13.3. The van der Waals surface area contributed by atoms with Crippen molar-refractivity contribution in [3.8, 4) is 17.0 Å². The van der Waals surface area contributed by atoms with Crippen LogP contribution < -0.4 is 15.0 Å². The number of fused-ring (bicyclic) bond motifs is 2. The van der Waals surface area contributed by atoms with E-state index in [9.17, 15) is 5.11 Å². The number of nitrogens with one attached hydrogen (secondary N) is 2. The van der Waals surface area contributed by atoms with E-state index >= 15 is 0 Å². The lowest BCUT2D eigenvalue weighted by Crippen LogP contribution is -2.36. The summed E-state index contributed by atoms with van der Waals surface area (Å²) >= 11 is 0. The van der Waals surface area contributed by atoms with Gasteiger partial charge in [-0.3, -0.25) is 5.10 Å². The normalized spacial score (nSPS) is 14.0. The number of anilines is 3. The van der Waals surface area contributed by atoms with Gasteiger partial charge in [0.2, 0.25) is 0 Å². The highest BCUT2D eigenvalue weighted by atomic mass is 16.5. The molecule has 2 aromatic carbocycles. The maximum atomic E-state index is 9.32. The number of aromatic nitrogens is 5. The average Bonchev–Trinajstić information content (AvgIpc) is 3.57. The predicted molar refractivity (Wildman–Crippen MR) is 133 cm³/mol. The SMILES string of the molecule is OCCOc1cc(Nc2nc(-c3ccc4cn[nH]c4c3)cn3ccnc23)ccc1N1CCOCC1. The highest BCUT2D eigenvalue weighted by molar-refractivity contribution is 5.84. The maximum absolute atomic E-state index is 9.32. The zero-order valence-corrected chi connectivity index (χ0v) is 19.0. The minimum atomic E-state index is -0.0564. The molecule has 0 unspecified atom stereocenters. The van der Waals surface area contributed by atoms with E-state index < -0.39 is 0 Å². The standard InChI is InChI=1S/C25H25N7O3/c33-9-12-35-23-14-19(3-4-22(23)31-7-10-34-11-8-31)28-24-25-26-5-6-32(25)16-21(29-24)17-1-2-18-15-27-30-20(18)13-17/h1-6,13-16,33H,7-12H2,(H,27,30)(H,28,29). The van der Waals surface area contributed by atoms with E-state index in [2.05, 4.69) is 25.4 Å². The lowest BCUT2D eigenvalue weighted by molar-refractivity contribution is 0.122. The minimum Gasteiger partial charge on any atom is -0.489 e. The molecule has 35 heavy (non-hydrogen) atoms. The van der Waals surface area contributed by atoms with Gasteiger partial charge in [0.25, 0.3) is 0 Å². The molecule has 0 spiro atoms. The summed E-state index contributed by atoms with van der Waals surface area (Å²) in [5.41, 5.74) is 5.23. The quantitative estimate of drug-likeness (QED) is 0.332. The summed E-state index contributed by atoms with van der Waals surface area (Å²) in [5, 5.41) is 20.9. The summed E-state index contributed by atoms with van der Waals surface area (Å²) in [4.78, 5) is 11.6. The molecule has 10 nitrogen and oxygen atoms in total. The van der Waals surface area contributed by atoms with Crippen LogP contribution in [0.25, 0.3) is 27.8 Å². The smallest absolute Gasteiger partial charge is 0.180 e. The first kappa shape index (κ1) is 21.4. The van der Waals surface area contributed by atoms with Crippen LogP contribution in [0.3, 0.4) is 0 Å². The lowest BCUT2D eigenvalue weighted by Gasteiger charge is -2.30. The van der Waals surface area contributed by atoms with Crippen molar-refractivity contribution in [3.05, 3.63) is 61.2 Å². The summed E-state index contributed by atoms with van der Waals surface area (Å²) in [6.07, 6.45) is 7.41. The van der Waals surface area contributed by atoms with Gasteiger partial charge < -0.3 is 29.2 Å². The number of ether oxygens (including phenoxy) is 2. The van der Waals surface area contributed by atoms with Gasteiger partial charge in [0.1, 0.15) is 12.4 Å². The second-order valence-corrected chi connectivity index (χ2v) is 8.28. The number of imidazole rings is 1. The van der Waals surface area contributed by atoms with Crippen molar-refractivity contribution in [2.45, 2.75) is 0 Å². The van der Waals surface area contributed by atoms with Crippen LogP contribution in [-0.4, -0.2) is 69.2 Å². The van der Waals surface area contributed by atoms with Gasteiger partial charge in [-0.25, -0.2) is 9.97 Å². The topological polar surface area (TPSA) is 113 Å². The molecule has 3 aromatic heterocycles. The molecule has 0 bridgehead atoms. The largest absolute Gasteiger partial charge is 0.489 e. The van der Waals surface area contributed by atoms with E-state index in [1.807, 2.05) is 53.2 Å². The zero-order valence-electron chi connectivity index (χ0n) is 19.0. The second kappa shape index (κ2) is 9.24. The third-order valence-electron chi connectivity index (χ3n) is 6.03. The van der Waals surface area contributed by atoms with Crippen molar-refractivity contribution >= 4 is 33.7 Å². The van der Waals surface area contributed by atoms with E-state index in [0.717, 1.165) is 46.6 Å². The van der Waals surface area contributed by atoms with Crippen molar-refractivity contribution in [1.29, 1.82) is 0 Å². The molecule has 4 heterocycles. The molecule has 1 aliphatic heterocycles. The Morgan fingerprint density at radius 1 is 1.14 bits per heavy atom. The van der Waals surface area contributed by atoms with E-state index in [1.54, 1.807) is 12.4 Å². The van der Waals surface area contributed by atoms with Gasteiger partial charge in [0.05, 0.1) is 42.9 Å². The Morgan fingerprint density at radius 3 is 2.94 bits per heavy atom. The van der Waals surface area contributed by atoms with Gasteiger partial charge >= 0.3 is 0 Å². The fraction of sp³-hybridized carbons (Fsp3) is 0.240. The number of rotatable bonds is 7. The van der Waals surface area contributed by atoms with Gasteiger partial charge in [-0.2, -0.15) is 5.10 Å². The summed E-state index contributed by atoms with van der Waals surface area (Å²) in [6.45, 7) is 3.10. The Balaban J connectivity index is 1.36. The number of aliphatic hydroxyl groups excluding tert-OH is 1. The molecule has 1 fully saturated rings. The van der Waals surface area contributed by atoms with Crippen LogP contribution in [0, 0.1) is 0 Å². The van der Waals surface area contributed by atoms with Crippen LogP contribution in [0.4, 0.5) is 17.2 Å². The Hall–Kier alpha value is -4.15. The van der Waals surface area contributed by atoms with E-state index in [-0.39, 0.29) is 13.2 Å². The molecular formula is C25H25N7O3. The maximum Gasteiger partial charge on any atom is 0.180 e. The van der Waals surface area contributed by atoms with E-state index in [4.69, 9.17) is 14.5 Å². The van der Waals surface area contributed by atoms with Crippen LogP contribution in [0.5, 0.6) is 5.75 Å². The van der Waals surface area contributed by atoms with Crippen molar-refractivity contribution < 1.29 is 14.6 Å². The van der Waals surface area contributed by atoms with Crippen molar-refractivity contribution in [2.75, 3.05) is 49.7 Å². The monoisotopic (exact) mass is 471 g/mol. The Labute approximate surface area is 201 Å². The van der Waals surface area contributed by atoms with Crippen LogP contribution >= 0.6 is 0 Å². The van der Waals surface area contributed by atoms with Gasteiger partial charge in [-0.1, -0.05) is 12.1 Å². The molecule has 0 amide bonds. The molecule has 0 aliphatic carbocycles. The summed E-state index contributed by atoms with van der Waals surface area (Å²) in [7, 11) is 0. The molecule has 1 aliphatic rings. The molecule has 10 heteroatoms. The molecule has 5 aromatic rings. The first-order chi connectivity index (χ1) is 17.3. The van der Waals surface area contributed by atoms with Gasteiger partial charge in [-0.05, 0) is 18.2 Å². The summed E-state index contributed by atoms with van der Waals surface area (Å²) in [5.74, 6) is 1.33. The van der Waals surface area contributed by atoms with Gasteiger partial charge in [0.15, 0.2) is 11.5 Å². The zero-order chi connectivity index (χ0) is 23.6. The Morgan fingerprint density at radius 2 is 2.06 bits per heavy atom. The molecule has 0 atom stereocenters. The number of aliphatic hydroxyl groups is 1. The van der Waals surface area contributed by atoms with Gasteiger partial charge in [-0.15, -0.1) is 0 Å². The van der Waals surface area contributed by atoms with E-state index in [0.29, 0.717) is 30.4 Å². The Bertz CT molecular complexity index is 1470. The molecule has 178 valence electrons. The number of benzene rings is 2. The first-order valence-electron chi connectivity index (χ1n) is 11.5. The molecule has 0 saturated carbocycles. The second-order valence-electron chi connectivity index (χ2n) is 8.28. The molecule has 3 N–H and O–H groups in total. The molecule has 1 saturated heterocycles. The first-order valence-corrected chi connectivity index (χ1v) is 11.5. The number of H-pyrrole nitrogens is 1. The van der Waals surface area contributed by atoms with Crippen molar-refractivity contribution in [2.24, 2.45) is 0 Å². The van der Waals surface area contributed by atoms with Crippen molar-refractivity contribution in [3.63, 3.8) is 0 Å². The van der Waals surface area contributed by atoms with E-state index in [1.165, 1.54) is 0 Å². The van der Waals surface area contributed by atoms with Crippen LogP contribution in [0.1, 0.15) is 0 Å². The molecule has 0 radical (unpaired) electrons. The lowest BCUT2D eigenvalue weighted by atomic mass is 10.1. The number of hydrogen-bond acceptors (Lipinski definition) is 8. The average molecular weight is 472 g/mol. The fourth-order valence-electron chi connectivity index (χ4n) is 4.32. The third kappa shape index (κ3) is 4.25. The predicted octanol–water partition coefficient (Wildman–Crippen LogP) is 3.22. The number of nitrogens with zero attached hydrogens (tertiary/aromatic N) is 5. The minimum absolute atomic E-state index is 0.0564.